The van der Waals surface area contributed by atoms with E-state index in [0.29, 0.717) is 15.6 Å². The van der Waals surface area contributed by atoms with Gasteiger partial charge in [-0.3, -0.25) is 0 Å². The van der Waals surface area contributed by atoms with Crippen LogP contribution in [-0.2, 0) is 10.0 Å². The lowest BCUT2D eigenvalue weighted by molar-refractivity contribution is 0.598. The minimum absolute atomic E-state index is 0.332. The van der Waals surface area contributed by atoms with Crippen LogP contribution in [-0.4, -0.2) is 8.42 Å². The third-order valence-corrected chi connectivity index (χ3v) is 6.66. The van der Waals surface area contributed by atoms with Gasteiger partial charge in [-0.2, -0.15) is 8.42 Å². The molecule has 3 nitrogen and oxygen atoms in total. The van der Waals surface area contributed by atoms with Crippen LogP contribution in [0.1, 0.15) is 11.1 Å². The number of benzene rings is 2. The fourth-order valence-electron chi connectivity index (χ4n) is 2.29. The quantitative estimate of drug-likeness (QED) is 0.676. The third kappa shape index (κ3) is 3.16. The van der Waals surface area contributed by atoms with Crippen molar-refractivity contribution in [1.82, 2.24) is 0 Å². The maximum absolute atomic E-state index is 13.1. The molecule has 0 saturated heterocycles. The first kappa shape index (κ1) is 15.8. The molecule has 0 aliphatic carbocycles. The van der Waals surface area contributed by atoms with Crippen LogP contribution in [0, 0.1) is 13.8 Å². The predicted molar refractivity (Wildman–Crippen MR) is 96.0 cm³/mol. The molecule has 1 aromatic heterocycles. The lowest BCUT2D eigenvalue weighted by atomic mass is 10.2. The molecule has 0 N–H and O–H groups in total. The van der Waals surface area contributed by atoms with Crippen LogP contribution >= 0.6 is 11.3 Å². The molecule has 5 heteroatoms. The third-order valence-electron chi connectivity index (χ3n) is 3.53. The number of hydrogen-bond donors (Lipinski definition) is 0. The first-order valence-electron chi connectivity index (χ1n) is 7.21. The molecule has 1 heterocycles. The van der Waals surface area contributed by atoms with Crippen molar-refractivity contribution in [3.05, 3.63) is 77.2 Å². The van der Waals surface area contributed by atoms with Gasteiger partial charge in [0.2, 0.25) is 0 Å². The highest BCUT2D eigenvalue weighted by atomic mass is 32.2. The van der Waals surface area contributed by atoms with Crippen molar-refractivity contribution in [2.75, 3.05) is 4.31 Å². The summed E-state index contributed by atoms with van der Waals surface area (Å²) in [5.41, 5.74) is 3.44. The summed E-state index contributed by atoms with van der Waals surface area (Å²) in [6.45, 7) is 3.96. The lowest BCUT2D eigenvalue weighted by Crippen LogP contribution is -2.25. The van der Waals surface area contributed by atoms with Gasteiger partial charge in [0, 0.05) is 0 Å². The van der Waals surface area contributed by atoms with Gasteiger partial charge in [0.05, 0.1) is 11.4 Å². The van der Waals surface area contributed by atoms with Crippen molar-refractivity contribution in [3.8, 4) is 0 Å². The second-order valence-corrected chi connectivity index (χ2v) is 8.33. The maximum atomic E-state index is 13.1. The van der Waals surface area contributed by atoms with Crippen molar-refractivity contribution < 1.29 is 8.42 Å². The largest absolute Gasteiger partial charge is 0.278 e. The highest BCUT2D eigenvalue weighted by Crippen LogP contribution is 2.34. The van der Waals surface area contributed by atoms with Crippen LogP contribution in [0.25, 0.3) is 0 Å². The fourth-order valence-corrected chi connectivity index (χ4v) is 4.84. The summed E-state index contributed by atoms with van der Waals surface area (Å²) in [7, 11) is -3.64. The van der Waals surface area contributed by atoms with E-state index < -0.39 is 10.0 Å². The van der Waals surface area contributed by atoms with E-state index in [1.54, 1.807) is 17.5 Å². The molecule has 0 unspecified atom stereocenters. The van der Waals surface area contributed by atoms with Gasteiger partial charge >= 0.3 is 0 Å². The Labute approximate surface area is 140 Å². The number of anilines is 2. The average molecular weight is 343 g/mol. The van der Waals surface area contributed by atoms with Crippen LogP contribution in [0.4, 0.5) is 11.4 Å². The number of hydrogen-bond acceptors (Lipinski definition) is 3. The van der Waals surface area contributed by atoms with E-state index in [2.05, 4.69) is 0 Å². The summed E-state index contributed by atoms with van der Waals surface area (Å²) in [4.78, 5) is 0. The molecule has 0 amide bonds. The number of thiophene rings is 1. The fraction of sp³-hybridized carbons (Fsp3) is 0.111. The number of aryl methyl sites for hydroxylation is 2. The maximum Gasteiger partial charge on any atom is 0.278 e. The molecule has 2 aromatic carbocycles. The van der Waals surface area contributed by atoms with E-state index in [0.717, 1.165) is 11.1 Å². The van der Waals surface area contributed by atoms with Crippen molar-refractivity contribution in [3.63, 3.8) is 0 Å². The lowest BCUT2D eigenvalue weighted by Gasteiger charge is -2.24. The predicted octanol–water partition coefficient (Wildman–Crippen LogP) is 4.89. The standard InChI is InChI=1S/C18H17NO2S2/c1-14-5-9-16(10-6-14)19(17-11-7-15(2)8-12-17)23(20,21)18-4-3-13-22-18/h3-13H,1-2H3. The Hall–Kier alpha value is -2.11. The zero-order chi connectivity index (χ0) is 16.4. The Morgan fingerprint density at radius 2 is 1.26 bits per heavy atom. The summed E-state index contributed by atoms with van der Waals surface area (Å²) >= 11 is 1.22. The summed E-state index contributed by atoms with van der Waals surface area (Å²) in [5, 5.41) is 1.77. The zero-order valence-corrected chi connectivity index (χ0v) is 14.6. The molecule has 3 aromatic rings. The summed E-state index contributed by atoms with van der Waals surface area (Å²) < 4.78 is 27.9. The monoisotopic (exact) mass is 343 g/mol. The average Bonchev–Trinajstić information content (AvgIpc) is 3.06. The van der Waals surface area contributed by atoms with Crippen LogP contribution < -0.4 is 4.31 Å². The van der Waals surface area contributed by atoms with Gasteiger partial charge in [0.15, 0.2) is 0 Å². The van der Waals surface area contributed by atoms with Gasteiger partial charge in [0.1, 0.15) is 4.21 Å². The molecule has 3 rings (SSSR count). The highest BCUT2D eigenvalue weighted by molar-refractivity contribution is 7.95. The smallest absolute Gasteiger partial charge is 0.234 e. The molecule has 0 aliphatic heterocycles. The van der Waals surface area contributed by atoms with E-state index >= 15 is 0 Å². The Morgan fingerprint density at radius 1 is 0.783 bits per heavy atom. The SMILES string of the molecule is Cc1ccc(N(c2ccc(C)cc2)S(=O)(=O)c2cccs2)cc1. The molecule has 23 heavy (non-hydrogen) atoms. The van der Waals surface area contributed by atoms with E-state index in [1.165, 1.54) is 15.6 Å². The van der Waals surface area contributed by atoms with Crippen molar-refractivity contribution >= 4 is 32.7 Å². The topological polar surface area (TPSA) is 37.4 Å². The van der Waals surface area contributed by atoms with Gasteiger partial charge in [-0.1, -0.05) is 41.5 Å². The van der Waals surface area contributed by atoms with Crippen LogP contribution in [0.3, 0.4) is 0 Å². The number of rotatable bonds is 4. The van der Waals surface area contributed by atoms with E-state index in [9.17, 15) is 8.42 Å². The first-order chi connectivity index (χ1) is 11.0. The molecular weight excluding hydrogens is 326 g/mol. The number of sulfonamides is 1. The van der Waals surface area contributed by atoms with Gasteiger partial charge < -0.3 is 0 Å². The van der Waals surface area contributed by atoms with E-state index in [1.807, 2.05) is 62.4 Å². The molecular formula is C18H17NO2S2. The van der Waals surface area contributed by atoms with Gasteiger partial charge in [-0.05, 0) is 49.6 Å². The van der Waals surface area contributed by atoms with E-state index in [-0.39, 0.29) is 0 Å². The van der Waals surface area contributed by atoms with Crippen molar-refractivity contribution in [2.45, 2.75) is 18.1 Å². The molecule has 0 fully saturated rings. The molecule has 0 aliphatic rings. The highest BCUT2D eigenvalue weighted by Gasteiger charge is 2.27. The Bertz CT molecular complexity index is 836. The first-order valence-corrected chi connectivity index (χ1v) is 9.52. The van der Waals surface area contributed by atoms with Crippen molar-refractivity contribution in [2.24, 2.45) is 0 Å². The Kier molecular flexibility index (Phi) is 4.24. The van der Waals surface area contributed by atoms with Gasteiger partial charge in [-0.15, -0.1) is 11.3 Å². The molecule has 0 spiro atoms. The summed E-state index contributed by atoms with van der Waals surface area (Å²) in [6, 6.07) is 18.4. The molecule has 0 bridgehead atoms. The minimum atomic E-state index is -3.64. The van der Waals surface area contributed by atoms with Gasteiger partial charge in [-0.25, -0.2) is 4.31 Å². The van der Waals surface area contributed by atoms with Crippen molar-refractivity contribution in [1.29, 1.82) is 0 Å². The Balaban J connectivity index is 2.18. The van der Waals surface area contributed by atoms with Crippen LogP contribution in [0.2, 0.25) is 0 Å². The van der Waals surface area contributed by atoms with Crippen LogP contribution in [0.15, 0.2) is 70.3 Å². The second kappa shape index (κ2) is 6.18. The zero-order valence-electron chi connectivity index (χ0n) is 12.9. The summed E-state index contributed by atoms with van der Waals surface area (Å²) in [5.74, 6) is 0. The van der Waals surface area contributed by atoms with Gasteiger partial charge in [0.25, 0.3) is 10.0 Å². The molecule has 0 atom stereocenters. The molecule has 0 radical (unpaired) electrons. The van der Waals surface area contributed by atoms with Crippen LogP contribution in [0.5, 0.6) is 0 Å². The normalized spacial score (nSPS) is 11.4. The minimum Gasteiger partial charge on any atom is -0.234 e. The number of nitrogens with zero attached hydrogens (tertiary/aromatic N) is 1. The van der Waals surface area contributed by atoms with E-state index in [4.69, 9.17) is 0 Å². The Morgan fingerprint density at radius 3 is 1.65 bits per heavy atom. The summed E-state index contributed by atoms with van der Waals surface area (Å²) in [6.07, 6.45) is 0. The molecule has 0 saturated carbocycles. The molecule has 118 valence electrons. The second-order valence-electron chi connectivity index (χ2n) is 5.37.